The lowest BCUT2D eigenvalue weighted by Gasteiger charge is -2.20. The number of aliphatic hydroxyl groups is 4. The molecule has 8 aromatic rings. The summed E-state index contributed by atoms with van der Waals surface area (Å²) in [6, 6.07) is 50.0. The van der Waals surface area contributed by atoms with Gasteiger partial charge in [0.25, 0.3) is 11.8 Å². The molecule has 29 heteroatoms. The van der Waals surface area contributed by atoms with Crippen molar-refractivity contribution in [1.82, 2.24) is 30.4 Å². The molecule has 0 aliphatic rings. The number of nitrogens with two attached hydrogens (primary N) is 4. The van der Waals surface area contributed by atoms with Crippen LogP contribution in [0.15, 0.2) is 243 Å². The fourth-order valence-corrected chi connectivity index (χ4v) is 14.6. The second-order valence-corrected chi connectivity index (χ2v) is 34.1. The van der Waals surface area contributed by atoms with Crippen LogP contribution in [0, 0.1) is 11.6 Å². The summed E-state index contributed by atoms with van der Waals surface area (Å²) < 4.78 is 58.2. The van der Waals surface area contributed by atoms with Crippen molar-refractivity contribution in [2.24, 2.45) is 22.9 Å². The van der Waals surface area contributed by atoms with Crippen molar-refractivity contribution in [2.75, 3.05) is 116 Å². The SMILES string of the molecule is CC(C)(C)OC(=O)NCCOCCN.CC(C)c1c(C(=O)Nc2ccccc2)c(-c2ccccc2)c(-c2ccc(F)cc2)n1CC[C@@H](O)C[C@@H](O)CC(=O)NCCOCCN.CC/C=C\C/C=C\C/C=C\C/C=C\C/C=C\C/C=C\CCC(=O)NCCOCCNC(=O)C[C@H](O)C[C@H](O)CCn1c(-c2ccc(F)cc2)c(-c2ccccc2)c(C(=O)Nc2ccccc2)c1C(C)C.NCCOCCN. The van der Waals surface area contributed by atoms with Gasteiger partial charge in [-0.05, 0) is 198 Å². The Balaban J connectivity index is 0.000000420. The normalized spacial score (nSPS) is 12.5. The lowest BCUT2D eigenvalue weighted by Crippen LogP contribution is -2.34. The highest BCUT2D eigenvalue weighted by Crippen LogP contribution is 2.45. The molecule has 4 atom stereocenters. The van der Waals surface area contributed by atoms with Gasteiger partial charge in [0.1, 0.15) is 17.2 Å². The Hall–Kier alpha value is -11.7. The van der Waals surface area contributed by atoms with Gasteiger partial charge in [-0.2, -0.15) is 0 Å². The van der Waals surface area contributed by atoms with E-state index in [0.29, 0.717) is 162 Å². The van der Waals surface area contributed by atoms with Crippen LogP contribution in [0.3, 0.4) is 0 Å². The predicted molar refractivity (Wildman–Crippen MR) is 549 cm³/mol. The average Bonchev–Trinajstić information content (AvgIpc) is 1.59. The van der Waals surface area contributed by atoms with E-state index in [1.807, 2.05) is 185 Å². The summed E-state index contributed by atoms with van der Waals surface area (Å²) >= 11 is 0. The molecule has 8 rings (SSSR count). The highest BCUT2D eigenvalue weighted by Gasteiger charge is 2.34. The van der Waals surface area contributed by atoms with Crippen LogP contribution in [-0.2, 0) is 51.2 Å². The third-order valence-corrected chi connectivity index (χ3v) is 20.7. The fraction of sp³-hybridized carbons (Fsp3) is 0.431. The molecule has 0 bridgehead atoms. The quantitative estimate of drug-likeness (QED) is 0.0124. The first-order valence-corrected chi connectivity index (χ1v) is 48.0. The van der Waals surface area contributed by atoms with E-state index in [0.717, 1.165) is 66.7 Å². The zero-order valence-corrected chi connectivity index (χ0v) is 81.9. The molecule has 27 nitrogen and oxygen atoms in total. The summed E-state index contributed by atoms with van der Waals surface area (Å²) in [6.45, 7) is 23.1. The van der Waals surface area contributed by atoms with Gasteiger partial charge in [0, 0.05) is 106 Å². The third-order valence-electron chi connectivity index (χ3n) is 20.7. The van der Waals surface area contributed by atoms with Crippen molar-refractivity contribution >= 4 is 47.0 Å². The maximum Gasteiger partial charge on any atom is 0.407 e. The van der Waals surface area contributed by atoms with E-state index in [4.69, 9.17) is 46.6 Å². The van der Waals surface area contributed by atoms with Gasteiger partial charge in [-0.3, -0.25) is 24.0 Å². The van der Waals surface area contributed by atoms with E-state index in [1.165, 1.54) is 24.3 Å². The number of hydrogen-bond donors (Lipinski definition) is 14. The first-order chi connectivity index (χ1) is 66.6. The van der Waals surface area contributed by atoms with Crippen LogP contribution in [0.1, 0.15) is 189 Å². The molecule has 752 valence electrons. The smallest absolute Gasteiger partial charge is 0.407 e. The van der Waals surface area contributed by atoms with Crippen molar-refractivity contribution in [2.45, 2.75) is 200 Å². The van der Waals surface area contributed by atoms with E-state index in [9.17, 15) is 58.0 Å². The molecule has 0 aliphatic carbocycles. The molecule has 2 aromatic heterocycles. The van der Waals surface area contributed by atoms with Gasteiger partial charge in [-0.15, -0.1) is 0 Å². The first kappa shape index (κ1) is 117. The van der Waals surface area contributed by atoms with E-state index >= 15 is 0 Å². The third kappa shape index (κ3) is 47.1. The number of rotatable bonds is 58. The maximum atomic E-state index is 14.3. The van der Waals surface area contributed by atoms with Crippen molar-refractivity contribution in [3.8, 4) is 44.8 Å². The standard InChI is InChI=1S/C59H75FN4O6.C37H45FN4O5.C9H20N2O3.C4H12N2O/c1-4-5-6-7-8-9-10-11-12-13-14-15-16-17-18-19-20-21-28-33-53(67)61-39-42-70-43-40-62-54(68)45-52(66)44-51(65)38-41-64-57(46(2)3)56(59(69)63-50-31-26-23-27-32-50)55(47-29-24-22-25-30-47)58(64)48-34-36-49(60)37-35-48;1-25(2)35-34(37(46)41-29-11-7-4-8-12-29)33(26-9-5-3-6-10-26)36(27-13-15-28(38)16-14-27)42(35)20-17-30(43)23-31(44)24-32(45)40-19-22-47-21-18-39;1-9(2,3)14-8(12)11-5-7-13-6-4-10;5-1-3-7-4-2-6/h5-6,8-9,11-12,14-15,17-18,20-27,29-32,34-37,46,51-52,65-66H,4,7,10,13,16,19,28,33,38-45H2,1-3H3,(H,61,67)(H,62,68)(H,63,69);3-16,25,30-31,43-44H,17-24,39H2,1-2H3,(H,40,45)(H,41,46);4-7,10H2,1-3H3,(H,11,12);1-6H2/b6-5-,9-8-,12-11-,15-14-,18-17-,21-20-;;;/t51-,52-;30-,31-;;/m11../s1. The van der Waals surface area contributed by atoms with Gasteiger partial charge in [0.05, 0.1) is 113 Å². The van der Waals surface area contributed by atoms with E-state index < -0.39 is 36.1 Å². The Morgan fingerprint density at radius 3 is 1.04 bits per heavy atom. The number of carbonyl (C=O) groups is 6. The van der Waals surface area contributed by atoms with Crippen LogP contribution in [0.4, 0.5) is 25.0 Å². The molecular formula is C109H152F2N12O15. The molecule has 0 unspecified atom stereocenters. The topological polar surface area (TPSA) is 416 Å². The number of aromatic nitrogens is 2. The van der Waals surface area contributed by atoms with Crippen molar-refractivity contribution in [3.05, 3.63) is 277 Å². The lowest BCUT2D eigenvalue weighted by atomic mass is 9.94. The highest BCUT2D eigenvalue weighted by atomic mass is 19.1. The van der Waals surface area contributed by atoms with Gasteiger partial charge in [-0.25, -0.2) is 13.6 Å². The Kier molecular flexibility index (Phi) is 58.6. The van der Waals surface area contributed by atoms with Crippen LogP contribution < -0.4 is 54.8 Å². The Morgan fingerprint density at radius 2 is 0.703 bits per heavy atom. The zero-order valence-electron chi connectivity index (χ0n) is 81.9. The number of benzene rings is 6. The zero-order chi connectivity index (χ0) is 101. The molecule has 0 saturated carbocycles. The van der Waals surface area contributed by atoms with Crippen LogP contribution in [0.2, 0.25) is 0 Å². The summed E-state index contributed by atoms with van der Waals surface area (Å²) in [5.41, 5.74) is 30.0. The second kappa shape index (κ2) is 69.2. The molecule has 6 amide bonds. The maximum absolute atomic E-state index is 14.3. The van der Waals surface area contributed by atoms with Crippen LogP contribution >= 0.6 is 0 Å². The van der Waals surface area contributed by atoms with Gasteiger partial charge < -0.3 is 108 Å². The molecule has 0 saturated heterocycles. The van der Waals surface area contributed by atoms with Crippen LogP contribution in [0.5, 0.6) is 0 Å². The molecule has 2 heterocycles. The molecule has 0 fully saturated rings. The van der Waals surface area contributed by atoms with Crippen molar-refractivity contribution in [1.29, 1.82) is 0 Å². The highest BCUT2D eigenvalue weighted by molar-refractivity contribution is 6.13. The van der Waals surface area contributed by atoms with Crippen molar-refractivity contribution in [3.63, 3.8) is 0 Å². The number of amides is 6. The number of aliphatic hydroxyl groups excluding tert-OH is 4. The number of hydrogen-bond acceptors (Lipinski definition) is 19. The first-order valence-electron chi connectivity index (χ1n) is 48.0. The molecule has 0 radical (unpaired) electrons. The number of nitrogens with one attached hydrogen (secondary N) is 6. The van der Waals surface area contributed by atoms with Gasteiger partial charge >= 0.3 is 6.09 Å². The Morgan fingerprint density at radius 1 is 0.391 bits per heavy atom. The van der Waals surface area contributed by atoms with E-state index in [1.54, 1.807) is 24.3 Å². The van der Waals surface area contributed by atoms with Crippen LogP contribution in [0.25, 0.3) is 44.8 Å². The predicted octanol–water partition coefficient (Wildman–Crippen LogP) is 16.7. The van der Waals surface area contributed by atoms with Crippen molar-refractivity contribution < 1.29 is 81.7 Å². The van der Waals surface area contributed by atoms with Gasteiger partial charge in [0.15, 0.2) is 0 Å². The lowest BCUT2D eigenvalue weighted by molar-refractivity contribution is -0.124. The van der Waals surface area contributed by atoms with Gasteiger partial charge in [0.2, 0.25) is 17.7 Å². The summed E-state index contributed by atoms with van der Waals surface area (Å²) in [6.07, 6.45) is 28.2. The largest absolute Gasteiger partial charge is 0.444 e. The minimum atomic E-state index is -1.10. The molecule has 18 N–H and O–H groups in total. The number of para-hydroxylation sites is 2. The number of anilines is 2. The molecule has 6 aromatic carbocycles. The Bertz CT molecular complexity index is 4940. The summed E-state index contributed by atoms with van der Waals surface area (Å²) in [5.74, 6) is -2.35. The molecule has 0 spiro atoms. The summed E-state index contributed by atoms with van der Waals surface area (Å²) in [4.78, 5) is 76.7. The number of ether oxygens (including phenoxy) is 5. The minimum Gasteiger partial charge on any atom is -0.444 e. The number of halogens is 2. The molecule has 138 heavy (non-hydrogen) atoms. The summed E-state index contributed by atoms with van der Waals surface area (Å²) in [5, 5.41) is 60.6. The molecular weight excluding hydrogens is 1760 g/mol. The number of alkyl carbamates (subject to hydrolysis) is 1. The van der Waals surface area contributed by atoms with Crippen LogP contribution in [-0.4, -0.2) is 200 Å². The van der Waals surface area contributed by atoms with E-state index in [-0.39, 0.29) is 111 Å². The van der Waals surface area contributed by atoms with Gasteiger partial charge in [-0.1, -0.05) is 205 Å². The molecule has 0 aliphatic heterocycles. The fourth-order valence-electron chi connectivity index (χ4n) is 14.6. The number of carbonyl (C=O) groups excluding carboxylic acids is 6. The summed E-state index contributed by atoms with van der Waals surface area (Å²) in [7, 11) is 0. The second-order valence-electron chi connectivity index (χ2n) is 34.1. The minimum absolute atomic E-state index is 0.00581. The van der Waals surface area contributed by atoms with E-state index in [2.05, 4.69) is 106 Å². The number of allylic oxidation sites excluding steroid dienone is 12. The number of nitrogens with zero attached hydrogens (tertiary/aromatic N) is 2. The monoisotopic (exact) mass is 1910 g/mol. The average molecular weight is 1910 g/mol. The Labute approximate surface area is 815 Å².